The molecule has 0 saturated carbocycles. The van der Waals surface area contributed by atoms with Crippen molar-refractivity contribution in [2.75, 3.05) is 11.9 Å². The number of rotatable bonds is 4. The zero-order valence-corrected chi connectivity index (χ0v) is 13.9. The van der Waals surface area contributed by atoms with Crippen molar-refractivity contribution in [3.05, 3.63) is 62.5 Å². The first-order chi connectivity index (χ1) is 9.44. The van der Waals surface area contributed by atoms with Gasteiger partial charge in [-0.3, -0.25) is 0 Å². The summed E-state index contributed by atoms with van der Waals surface area (Å²) in [6.45, 7) is 1.80. The largest absolute Gasteiger partial charge is 0.394 e. The van der Waals surface area contributed by atoms with E-state index in [-0.39, 0.29) is 6.61 Å². The van der Waals surface area contributed by atoms with Crippen molar-refractivity contribution < 1.29 is 5.11 Å². The molecule has 0 amide bonds. The second-order valence-electron chi connectivity index (χ2n) is 4.75. The van der Waals surface area contributed by atoms with Gasteiger partial charge in [0.05, 0.1) is 12.1 Å². The second-order valence-corrected chi connectivity index (χ2v) is 6.51. The lowest BCUT2D eigenvalue weighted by atomic mass is 9.92. The third-order valence-electron chi connectivity index (χ3n) is 3.09. The molecular formula is C15H14BrCl2NO. The number of hydrogen-bond acceptors (Lipinski definition) is 2. The maximum absolute atomic E-state index is 9.80. The van der Waals surface area contributed by atoms with Crippen LogP contribution >= 0.6 is 39.1 Å². The summed E-state index contributed by atoms with van der Waals surface area (Å²) in [6, 6.07) is 13.0. The number of anilines is 1. The van der Waals surface area contributed by atoms with Crippen molar-refractivity contribution in [2.24, 2.45) is 0 Å². The third kappa shape index (κ3) is 3.47. The fraction of sp³-hybridized carbons (Fsp3) is 0.200. The van der Waals surface area contributed by atoms with Gasteiger partial charge in [-0.1, -0.05) is 51.3 Å². The van der Waals surface area contributed by atoms with Crippen LogP contribution in [-0.2, 0) is 5.54 Å². The Labute approximate surface area is 136 Å². The molecule has 0 radical (unpaired) electrons. The van der Waals surface area contributed by atoms with E-state index in [1.807, 2.05) is 37.3 Å². The maximum Gasteiger partial charge on any atom is 0.0842 e. The van der Waals surface area contributed by atoms with Crippen molar-refractivity contribution >= 4 is 44.8 Å². The Morgan fingerprint density at radius 1 is 1.20 bits per heavy atom. The number of benzene rings is 2. The minimum Gasteiger partial charge on any atom is -0.394 e. The average molecular weight is 375 g/mol. The Balaban J connectivity index is 2.38. The molecule has 0 aliphatic carbocycles. The highest BCUT2D eigenvalue weighted by Gasteiger charge is 2.28. The fourth-order valence-electron chi connectivity index (χ4n) is 2.01. The summed E-state index contributed by atoms with van der Waals surface area (Å²) in [6.07, 6.45) is 0. The van der Waals surface area contributed by atoms with Crippen LogP contribution in [0.25, 0.3) is 0 Å². The molecule has 1 unspecified atom stereocenters. The highest BCUT2D eigenvalue weighted by atomic mass is 79.9. The van der Waals surface area contributed by atoms with Crippen LogP contribution in [0.5, 0.6) is 0 Å². The van der Waals surface area contributed by atoms with Gasteiger partial charge in [-0.05, 0) is 42.8 Å². The Hall–Kier alpha value is -0.740. The Morgan fingerprint density at radius 3 is 2.55 bits per heavy atom. The highest BCUT2D eigenvalue weighted by molar-refractivity contribution is 9.10. The minimum absolute atomic E-state index is 0.0964. The van der Waals surface area contributed by atoms with Crippen LogP contribution in [0.4, 0.5) is 5.69 Å². The molecule has 20 heavy (non-hydrogen) atoms. The zero-order chi connectivity index (χ0) is 14.8. The standard InChI is InChI=1S/C15H14BrCl2NO/c1-15(9-20,13-6-5-11(17)8-14(13)18)19-12-4-2-3-10(16)7-12/h2-8,19-20H,9H2,1H3. The van der Waals surface area contributed by atoms with E-state index in [4.69, 9.17) is 23.2 Å². The second kappa shape index (κ2) is 6.35. The van der Waals surface area contributed by atoms with Gasteiger partial charge in [-0.15, -0.1) is 0 Å². The van der Waals surface area contributed by atoms with E-state index in [1.165, 1.54) is 0 Å². The van der Waals surface area contributed by atoms with Gasteiger partial charge in [0.1, 0.15) is 0 Å². The molecule has 106 valence electrons. The van der Waals surface area contributed by atoms with E-state index in [1.54, 1.807) is 12.1 Å². The van der Waals surface area contributed by atoms with E-state index in [0.29, 0.717) is 10.0 Å². The molecule has 2 nitrogen and oxygen atoms in total. The van der Waals surface area contributed by atoms with Gasteiger partial charge in [0.15, 0.2) is 0 Å². The first-order valence-electron chi connectivity index (χ1n) is 6.05. The van der Waals surface area contributed by atoms with E-state index in [0.717, 1.165) is 15.7 Å². The Bertz CT molecular complexity index is 621. The summed E-state index contributed by atoms with van der Waals surface area (Å²) in [5, 5.41) is 14.2. The van der Waals surface area contributed by atoms with E-state index < -0.39 is 5.54 Å². The topological polar surface area (TPSA) is 32.3 Å². The molecular weight excluding hydrogens is 361 g/mol. The summed E-state index contributed by atoms with van der Waals surface area (Å²) in [5.41, 5.74) is 0.996. The number of nitrogens with one attached hydrogen (secondary N) is 1. The molecule has 0 aliphatic rings. The van der Waals surface area contributed by atoms with Crippen molar-refractivity contribution in [3.63, 3.8) is 0 Å². The van der Waals surface area contributed by atoms with E-state index >= 15 is 0 Å². The lowest BCUT2D eigenvalue weighted by molar-refractivity contribution is 0.224. The SMILES string of the molecule is CC(CO)(Nc1cccc(Br)c1)c1ccc(Cl)cc1Cl. The molecule has 2 rings (SSSR count). The number of hydrogen-bond donors (Lipinski definition) is 2. The molecule has 0 spiro atoms. The predicted molar refractivity (Wildman–Crippen MR) is 88.7 cm³/mol. The van der Waals surface area contributed by atoms with Crippen LogP contribution in [0, 0.1) is 0 Å². The smallest absolute Gasteiger partial charge is 0.0842 e. The van der Waals surface area contributed by atoms with Crippen molar-refractivity contribution in [2.45, 2.75) is 12.5 Å². The van der Waals surface area contributed by atoms with Crippen LogP contribution < -0.4 is 5.32 Å². The molecule has 5 heteroatoms. The maximum atomic E-state index is 9.80. The quantitative estimate of drug-likeness (QED) is 0.782. The summed E-state index contributed by atoms with van der Waals surface area (Å²) in [7, 11) is 0. The third-order valence-corrected chi connectivity index (χ3v) is 4.13. The number of aliphatic hydroxyl groups is 1. The minimum atomic E-state index is -0.692. The first kappa shape index (κ1) is 15.6. The van der Waals surface area contributed by atoms with E-state index in [9.17, 15) is 5.11 Å². The molecule has 0 fully saturated rings. The van der Waals surface area contributed by atoms with Gasteiger partial charge in [-0.25, -0.2) is 0 Å². The summed E-state index contributed by atoms with van der Waals surface area (Å²) >= 11 is 15.6. The van der Waals surface area contributed by atoms with Crippen molar-refractivity contribution in [1.82, 2.24) is 0 Å². The molecule has 0 saturated heterocycles. The van der Waals surface area contributed by atoms with E-state index in [2.05, 4.69) is 21.2 Å². The van der Waals surface area contributed by atoms with Crippen LogP contribution in [-0.4, -0.2) is 11.7 Å². The fourth-order valence-corrected chi connectivity index (χ4v) is 3.03. The lowest BCUT2D eigenvalue weighted by Gasteiger charge is -2.31. The number of halogens is 3. The summed E-state index contributed by atoms with van der Waals surface area (Å²) in [5.74, 6) is 0. The van der Waals surface area contributed by atoms with Crippen LogP contribution in [0.3, 0.4) is 0 Å². The molecule has 0 bridgehead atoms. The average Bonchev–Trinajstić information content (AvgIpc) is 2.38. The normalized spacial score (nSPS) is 13.8. The lowest BCUT2D eigenvalue weighted by Crippen LogP contribution is -2.36. The molecule has 2 aromatic carbocycles. The van der Waals surface area contributed by atoms with Gasteiger partial charge in [0, 0.05) is 20.2 Å². The molecule has 2 aromatic rings. The number of aliphatic hydroxyl groups excluding tert-OH is 1. The molecule has 0 aromatic heterocycles. The van der Waals surface area contributed by atoms with Crippen LogP contribution in [0.2, 0.25) is 10.0 Å². The molecule has 0 heterocycles. The molecule has 2 N–H and O–H groups in total. The van der Waals surface area contributed by atoms with Crippen molar-refractivity contribution in [1.29, 1.82) is 0 Å². The van der Waals surface area contributed by atoms with Crippen LogP contribution in [0.1, 0.15) is 12.5 Å². The van der Waals surface area contributed by atoms with Gasteiger partial charge < -0.3 is 10.4 Å². The summed E-state index contributed by atoms with van der Waals surface area (Å²) in [4.78, 5) is 0. The van der Waals surface area contributed by atoms with Gasteiger partial charge >= 0.3 is 0 Å². The van der Waals surface area contributed by atoms with Gasteiger partial charge in [-0.2, -0.15) is 0 Å². The highest BCUT2D eigenvalue weighted by Crippen LogP contribution is 2.33. The molecule has 1 atom stereocenters. The Kier molecular flexibility index (Phi) is 4.97. The zero-order valence-electron chi connectivity index (χ0n) is 10.8. The monoisotopic (exact) mass is 373 g/mol. The predicted octanol–water partition coefficient (Wildman–Crippen LogP) is 5.08. The first-order valence-corrected chi connectivity index (χ1v) is 7.60. The summed E-state index contributed by atoms with van der Waals surface area (Å²) < 4.78 is 0.963. The van der Waals surface area contributed by atoms with Gasteiger partial charge in [0.2, 0.25) is 0 Å². The van der Waals surface area contributed by atoms with Crippen molar-refractivity contribution in [3.8, 4) is 0 Å². The van der Waals surface area contributed by atoms with Gasteiger partial charge in [0.25, 0.3) is 0 Å². The Morgan fingerprint density at radius 2 is 1.95 bits per heavy atom. The van der Waals surface area contributed by atoms with Crippen LogP contribution in [0.15, 0.2) is 46.9 Å². The molecule has 0 aliphatic heterocycles.